The maximum absolute atomic E-state index is 12.6. The predicted octanol–water partition coefficient (Wildman–Crippen LogP) is 2.66. The molecule has 2 N–H and O–H groups in total. The van der Waals surface area contributed by atoms with Gasteiger partial charge in [0.1, 0.15) is 0 Å². The Balaban J connectivity index is 2.11. The molecule has 0 saturated heterocycles. The molecular weight excluding hydrogens is 184 g/mol. The summed E-state index contributed by atoms with van der Waals surface area (Å²) in [6.07, 6.45) is -0.0257. The summed E-state index contributed by atoms with van der Waals surface area (Å²) < 4.78 is 25.3. The van der Waals surface area contributed by atoms with Crippen LogP contribution in [0.2, 0.25) is 0 Å². The van der Waals surface area contributed by atoms with Gasteiger partial charge in [0.15, 0.2) is 0 Å². The minimum atomic E-state index is -2.44. The molecule has 0 heterocycles. The number of nitrogens with two attached hydrogens (primary N) is 1. The van der Waals surface area contributed by atoms with Crippen molar-refractivity contribution >= 4 is 0 Å². The molecule has 14 heavy (non-hydrogen) atoms. The number of benzene rings is 1. The molecule has 1 aromatic rings. The van der Waals surface area contributed by atoms with Crippen molar-refractivity contribution < 1.29 is 8.78 Å². The van der Waals surface area contributed by atoms with Crippen LogP contribution < -0.4 is 5.73 Å². The Hall–Kier alpha value is -0.960. The van der Waals surface area contributed by atoms with Crippen molar-refractivity contribution in [3.63, 3.8) is 0 Å². The lowest BCUT2D eigenvalue weighted by atomic mass is 9.76. The molecule has 1 aromatic carbocycles. The van der Waals surface area contributed by atoms with Crippen LogP contribution in [0.25, 0.3) is 0 Å². The molecule has 0 spiro atoms. The summed E-state index contributed by atoms with van der Waals surface area (Å²) in [7, 11) is 0. The molecule has 1 nitrogen and oxygen atoms in total. The molecule has 0 aliphatic heterocycles. The SMILES string of the molecule is NCc1cccc(C2CC(F)(F)C2)c1. The molecule has 1 aliphatic rings. The lowest BCUT2D eigenvalue weighted by Crippen LogP contribution is -2.33. The third-order valence-electron chi connectivity index (χ3n) is 2.75. The van der Waals surface area contributed by atoms with E-state index in [2.05, 4.69) is 0 Å². The number of hydrogen-bond acceptors (Lipinski definition) is 1. The molecule has 2 rings (SSSR count). The summed E-state index contributed by atoms with van der Waals surface area (Å²) in [4.78, 5) is 0. The minimum absolute atomic E-state index is 0.0129. The highest BCUT2D eigenvalue weighted by atomic mass is 19.3. The molecule has 1 aliphatic carbocycles. The van der Waals surface area contributed by atoms with E-state index in [1.165, 1.54) is 0 Å². The summed E-state index contributed by atoms with van der Waals surface area (Å²) in [5.41, 5.74) is 7.49. The fourth-order valence-electron chi connectivity index (χ4n) is 1.87. The Morgan fingerprint density at radius 2 is 2.07 bits per heavy atom. The molecule has 0 bridgehead atoms. The van der Waals surface area contributed by atoms with Crippen molar-refractivity contribution in [2.24, 2.45) is 5.73 Å². The van der Waals surface area contributed by atoms with E-state index in [9.17, 15) is 8.78 Å². The number of halogens is 2. The van der Waals surface area contributed by atoms with E-state index in [1.807, 2.05) is 24.3 Å². The first-order valence-electron chi connectivity index (χ1n) is 4.77. The quantitative estimate of drug-likeness (QED) is 0.775. The van der Waals surface area contributed by atoms with Crippen molar-refractivity contribution in [3.05, 3.63) is 35.4 Å². The molecule has 3 heteroatoms. The lowest BCUT2D eigenvalue weighted by molar-refractivity contribution is -0.0867. The van der Waals surface area contributed by atoms with E-state index in [1.54, 1.807) is 0 Å². The molecular formula is C11H13F2N. The highest BCUT2D eigenvalue weighted by Crippen LogP contribution is 2.48. The van der Waals surface area contributed by atoms with E-state index in [0.717, 1.165) is 11.1 Å². The van der Waals surface area contributed by atoms with Gasteiger partial charge in [0, 0.05) is 19.4 Å². The molecule has 0 unspecified atom stereocenters. The van der Waals surface area contributed by atoms with Gasteiger partial charge < -0.3 is 5.73 Å². The molecule has 0 atom stereocenters. The third kappa shape index (κ3) is 1.77. The Labute approximate surface area is 81.9 Å². The smallest absolute Gasteiger partial charge is 0.249 e. The molecule has 0 aromatic heterocycles. The average Bonchev–Trinajstić information content (AvgIpc) is 2.14. The topological polar surface area (TPSA) is 26.0 Å². The Morgan fingerprint density at radius 3 is 2.64 bits per heavy atom. The van der Waals surface area contributed by atoms with Gasteiger partial charge in [0.05, 0.1) is 0 Å². The number of rotatable bonds is 2. The van der Waals surface area contributed by atoms with Crippen LogP contribution in [0.1, 0.15) is 29.9 Å². The Bertz CT molecular complexity index is 328. The minimum Gasteiger partial charge on any atom is -0.326 e. The summed E-state index contributed by atoms with van der Waals surface area (Å²) in [5, 5.41) is 0. The van der Waals surface area contributed by atoms with E-state index in [-0.39, 0.29) is 18.8 Å². The zero-order valence-corrected chi connectivity index (χ0v) is 7.84. The fourth-order valence-corrected chi connectivity index (χ4v) is 1.87. The van der Waals surface area contributed by atoms with E-state index in [4.69, 9.17) is 5.73 Å². The van der Waals surface area contributed by atoms with Crippen molar-refractivity contribution in [1.29, 1.82) is 0 Å². The molecule has 1 saturated carbocycles. The Kier molecular flexibility index (Phi) is 2.27. The molecule has 76 valence electrons. The van der Waals surface area contributed by atoms with E-state index >= 15 is 0 Å². The van der Waals surface area contributed by atoms with Crippen molar-refractivity contribution in [2.75, 3.05) is 0 Å². The predicted molar refractivity (Wildman–Crippen MR) is 51.3 cm³/mol. The maximum atomic E-state index is 12.6. The van der Waals surface area contributed by atoms with Crippen LogP contribution in [-0.4, -0.2) is 5.92 Å². The number of hydrogen-bond donors (Lipinski definition) is 1. The first-order chi connectivity index (χ1) is 6.61. The van der Waals surface area contributed by atoms with Crippen LogP contribution in [-0.2, 0) is 6.54 Å². The summed E-state index contributed by atoms with van der Waals surface area (Å²) in [5.74, 6) is -2.42. The van der Waals surface area contributed by atoms with Gasteiger partial charge in [-0.3, -0.25) is 0 Å². The second-order valence-corrected chi connectivity index (χ2v) is 3.91. The molecule has 0 radical (unpaired) electrons. The van der Waals surface area contributed by atoms with Crippen LogP contribution in [0, 0.1) is 0 Å². The van der Waals surface area contributed by atoms with Crippen LogP contribution >= 0.6 is 0 Å². The maximum Gasteiger partial charge on any atom is 0.249 e. The summed E-state index contributed by atoms with van der Waals surface area (Å²) in [6, 6.07) is 7.63. The van der Waals surface area contributed by atoms with Crippen LogP contribution in [0.5, 0.6) is 0 Å². The van der Waals surface area contributed by atoms with Gasteiger partial charge in [-0.05, 0) is 17.0 Å². The molecule has 0 amide bonds. The Morgan fingerprint density at radius 1 is 1.36 bits per heavy atom. The van der Waals surface area contributed by atoms with E-state index < -0.39 is 5.92 Å². The average molecular weight is 197 g/mol. The van der Waals surface area contributed by atoms with Gasteiger partial charge in [0.25, 0.3) is 0 Å². The van der Waals surface area contributed by atoms with Gasteiger partial charge in [-0.15, -0.1) is 0 Å². The first-order valence-corrected chi connectivity index (χ1v) is 4.77. The highest BCUT2D eigenvalue weighted by molar-refractivity contribution is 5.28. The van der Waals surface area contributed by atoms with Crippen molar-refractivity contribution in [1.82, 2.24) is 0 Å². The second-order valence-electron chi connectivity index (χ2n) is 3.91. The van der Waals surface area contributed by atoms with Crippen molar-refractivity contribution in [2.45, 2.75) is 31.2 Å². The standard InChI is InChI=1S/C11H13F2N/c12-11(13)5-10(6-11)9-3-1-2-8(4-9)7-14/h1-4,10H,5-7,14H2. The zero-order valence-electron chi connectivity index (χ0n) is 7.84. The second kappa shape index (κ2) is 3.31. The first kappa shape index (κ1) is 9.59. The van der Waals surface area contributed by atoms with Gasteiger partial charge in [-0.2, -0.15) is 0 Å². The van der Waals surface area contributed by atoms with Gasteiger partial charge in [-0.25, -0.2) is 8.78 Å². The van der Waals surface area contributed by atoms with Crippen LogP contribution in [0.15, 0.2) is 24.3 Å². The van der Waals surface area contributed by atoms with Gasteiger partial charge >= 0.3 is 0 Å². The largest absolute Gasteiger partial charge is 0.326 e. The summed E-state index contributed by atoms with van der Waals surface area (Å²) >= 11 is 0. The van der Waals surface area contributed by atoms with Crippen LogP contribution in [0.4, 0.5) is 8.78 Å². The van der Waals surface area contributed by atoms with E-state index in [0.29, 0.717) is 6.54 Å². The fraction of sp³-hybridized carbons (Fsp3) is 0.455. The highest BCUT2D eigenvalue weighted by Gasteiger charge is 2.45. The van der Waals surface area contributed by atoms with Gasteiger partial charge in [-0.1, -0.05) is 24.3 Å². The zero-order chi connectivity index (χ0) is 10.2. The third-order valence-corrected chi connectivity index (χ3v) is 2.75. The normalized spacial score (nSPS) is 20.5. The molecule has 1 fully saturated rings. The number of alkyl halides is 2. The monoisotopic (exact) mass is 197 g/mol. The van der Waals surface area contributed by atoms with Crippen LogP contribution in [0.3, 0.4) is 0 Å². The van der Waals surface area contributed by atoms with Crippen molar-refractivity contribution in [3.8, 4) is 0 Å². The lowest BCUT2D eigenvalue weighted by Gasteiger charge is -2.35. The summed E-state index contributed by atoms with van der Waals surface area (Å²) in [6.45, 7) is 0.469. The van der Waals surface area contributed by atoms with Gasteiger partial charge in [0.2, 0.25) is 5.92 Å².